The molecule has 6 heteroatoms. The summed E-state index contributed by atoms with van der Waals surface area (Å²) in [5.74, 6) is 0.623. The van der Waals surface area contributed by atoms with Crippen molar-refractivity contribution in [3.05, 3.63) is 76.2 Å². The zero-order valence-electron chi connectivity index (χ0n) is 13.5. The van der Waals surface area contributed by atoms with Crippen molar-refractivity contribution in [1.29, 1.82) is 0 Å². The molecule has 0 spiro atoms. The molecule has 25 heavy (non-hydrogen) atoms. The number of methoxy groups -OCH3 is 1. The van der Waals surface area contributed by atoms with E-state index >= 15 is 0 Å². The van der Waals surface area contributed by atoms with Crippen LogP contribution in [0, 0.1) is 5.82 Å². The molecule has 0 fully saturated rings. The summed E-state index contributed by atoms with van der Waals surface area (Å²) in [7, 11) is 1.58. The number of halogens is 1. The van der Waals surface area contributed by atoms with Crippen LogP contribution in [0.15, 0.2) is 60.0 Å². The van der Waals surface area contributed by atoms with Crippen LogP contribution in [0.3, 0.4) is 0 Å². The van der Waals surface area contributed by atoms with Gasteiger partial charge in [0.25, 0.3) is 5.91 Å². The van der Waals surface area contributed by atoms with E-state index in [1.807, 2.05) is 29.6 Å². The summed E-state index contributed by atoms with van der Waals surface area (Å²) in [6.07, 6.45) is 0. The van der Waals surface area contributed by atoms with Crippen molar-refractivity contribution in [3.8, 4) is 11.5 Å². The number of carbonyl (C=O) groups excluding carboxylic acids is 1. The Hall–Kier alpha value is -2.86. The topological polar surface area (TPSA) is 47.6 Å². The first kappa shape index (κ1) is 17.0. The maximum Gasteiger partial charge on any atom is 0.265 e. The fourth-order valence-electron chi connectivity index (χ4n) is 2.23. The van der Waals surface area contributed by atoms with E-state index in [-0.39, 0.29) is 5.91 Å². The van der Waals surface area contributed by atoms with Gasteiger partial charge in [-0.2, -0.15) is 0 Å². The third kappa shape index (κ3) is 4.36. The number of para-hydroxylation sites is 2. The molecule has 0 aliphatic rings. The molecule has 1 N–H and O–H groups in total. The van der Waals surface area contributed by atoms with Gasteiger partial charge in [0.15, 0.2) is 11.5 Å². The maximum atomic E-state index is 13.2. The predicted octanol–water partition coefficient (Wildman–Crippen LogP) is 4.73. The zero-order chi connectivity index (χ0) is 17.6. The van der Waals surface area contributed by atoms with E-state index in [0.29, 0.717) is 28.7 Å². The van der Waals surface area contributed by atoms with E-state index in [0.717, 1.165) is 5.56 Å². The number of anilines is 1. The van der Waals surface area contributed by atoms with Gasteiger partial charge in [-0.1, -0.05) is 18.2 Å². The summed E-state index contributed by atoms with van der Waals surface area (Å²) in [5.41, 5.74) is 1.30. The molecule has 0 atom stereocenters. The maximum absolute atomic E-state index is 13.2. The number of thiophene rings is 1. The predicted molar refractivity (Wildman–Crippen MR) is 96.0 cm³/mol. The summed E-state index contributed by atoms with van der Waals surface area (Å²) in [5, 5.41) is 4.53. The van der Waals surface area contributed by atoms with Gasteiger partial charge in [-0.25, -0.2) is 4.39 Å². The highest BCUT2D eigenvalue weighted by Gasteiger charge is 2.11. The van der Waals surface area contributed by atoms with Crippen LogP contribution in [0.25, 0.3) is 0 Å². The first-order chi connectivity index (χ1) is 12.2. The fraction of sp³-hybridized carbons (Fsp3) is 0.105. The summed E-state index contributed by atoms with van der Waals surface area (Å²) in [4.78, 5) is 12.8. The highest BCUT2D eigenvalue weighted by molar-refractivity contribution is 7.12. The second-order valence-corrected chi connectivity index (χ2v) is 6.13. The second-order valence-electron chi connectivity index (χ2n) is 5.22. The van der Waals surface area contributed by atoms with Crippen LogP contribution in [0.1, 0.15) is 15.2 Å². The zero-order valence-corrected chi connectivity index (χ0v) is 14.3. The Kier molecular flexibility index (Phi) is 5.30. The molecule has 0 aliphatic heterocycles. The molecule has 3 aromatic rings. The Labute approximate surface area is 148 Å². The van der Waals surface area contributed by atoms with Gasteiger partial charge < -0.3 is 14.8 Å². The molecule has 0 unspecified atom stereocenters. The van der Waals surface area contributed by atoms with Crippen LogP contribution in [0.4, 0.5) is 10.1 Å². The van der Waals surface area contributed by atoms with Crippen LogP contribution in [-0.2, 0) is 6.61 Å². The number of nitrogens with one attached hydrogen (secondary N) is 1. The minimum atomic E-state index is -0.394. The Morgan fingerprint density at radius 1 is 1.12 bits per heavy atom. The van der Waals surface area contributed by atoms with Crippen molar-refractivity contribution in [2.75, 3.05) is 12.4 Å². The van der Waals surface area contributed by atoms with Crippen LogP contribution >= 0.6 is 11.3 Å². The van der Waals surface area contributed by atoms with Crippen molar-refractivity contribution in [2.24, 2.45) is 0 Å². The van der Waals surface area contributed by atoms with Gasteiger partial charge in [0.1, 0.15) is 12.4 Å². The summed E-state index contributed by atoms with van der Waals surface area (Å²) < 4.78 is 24.1. The number of hydrogen-bond donors (Lipinski definition) is 1. The number of carbonyl (C=O) groups is 1. The third-order valence-corrected chi connectivity index (χ3v) is 4.40. The molecule has 3 rings (SSSR count). The molecule has 128 valence electrons. The van der Waals surface area contributed by atoms with E-state index in [1.54, 1.807) is 25.3 Å². The first-order valence-electron chi connectivity index (χ1n) is 7.56. The molecule has 4 nitrogen and oxygen atoms in total. The minimum Gasteiger partial charge on any atom is -0.493 e. The number of hydrogen-bond acceptors (Lipinski definition) is 4. The molecule has 1 aromatic heterocycles. The lowest BCUT2D eigenvalue weighted by atomic mass is 10.3. The Balaban J connectivity index is 1.63. The molecular weight excluding hydrogens is 341 g/mol. The minimum absolute atomic E-state index is 0.279. The monoisotopic (exact) mass is 357 g/mol. The van der Waals surface area contributed by atoms with Gasteiger partial charge in [0.2, 0.25) is 0 Å². The van der Waals surface area contributed by atoms with Gasteiger partial charge in [-0.3, -0.25) is 4.79 Å². The van der Waals surface area contributed by atoms with Gasteiger partial charge in [-0.15, -0.1) is 11.3 Å². The normalized spacial score (nSPS) is 10.3. The van der Waals surface area contributed by atoms with E-state index in [1.165, 1.54) is 23.5 Å². The van der Waals surface area contributed by atoms with Crippen LogP contribution in [0.2, 0.25) is 0 Å². The van der Waals surface area contributed by atoms with Gasteiger partial charge >= 0.3 is 0 Å². The largest absolute Gasteiger partial charge is 0.493 e. The molecule has 0 saturated heterocycles. The molecular formula is C19H16FNO3S. The van der Waals surface area contributed by atoms with Crippen molar-refractivity contribution < 1.29 is 18.7 Å². The summed E-state index contributed by atoms with van der Waals surface area (Å²) in [6, 6.07) is 14.9. The molecule has 0 bridgehead atoms. The third-order valence-electron chi connectivity index (χ3n) is 3.42. The Morgan fingerprint density at radius 3 is 2.68 bits per heavy atom. The summed E-state index contributed by atoms with van der Waals surface area (Å²) >= 11 is 1.31. The van der Waals surface area contributed by atoms with Crippen LogP contribution in [0.5, 0.6) is 11.5 Å². The smallest absolute Gasteiger partial charge is 0.265 e. The average molecular weight is 357 g/mol. The van der Waals surface area contributed by atoms with Gasteiger partial charge in [-0.05, 0) is 41.8 Å². The number of amides is 1. The molecule has 2 aromatic carbocycles. The van der Waals surface area contributed by atoms with Crippen LogP contribution in [-0.4, -0.2) is 13.0 Å². The Morgan fingerprint density at radius 2 is 1.92 bits per heavy atom. The lowest BCUT2D eigenvalue weighted by Gasteiger charge is -2.09. The Bertz CT molecular complexity index is 878. The van der Waals surface area contributed by atoms with E-state index in [9.17, 15) is 9.18 Å². The number of rotatable bonds is 6. The molecule has 0 saturated carbocycles. The number of ether oxygens (including phenoxy) is 2. The quantitative estimate of drug-likeness (QED) is 0.694. The molecule has 0 aliphatic carbocycles. The molecule has 1 heterocycles. The van der Waals surface area contributed by atoms with Crippen molar-refractivity contribution in [1.82, 2.24) is 0 Å². The van der Waals surface area contributed by atoms with Gasteiger partial charge in [0, 0.05) is 11.3 Å². The van der Waals surface area contributed by atoms with E-state index in [2.05, 4.69) is 5.32 Å². The lowest BCUT2D eigenvalue weighted by molar-refractivity contribution is 0.103. The fourth-order valence-corrected chi connectivity index (χ4v) is 3.02. The molecule has 1 amide bonds. The first-order valence-corrected chi connectivity index (χ1v) is 8.44. The highest BCUT2D eigenvalue weighted by Crippen LogP contribution is 2.27. The van der Waals surface area contributed by atoms with Crippen molar-refractivity contribution in [2.45, 2.75) is 6.61 Å². The van der Waals surface area contributed by atoms with E-state index < -0.39 is 5.82 Å². The van der Waals surface area contributed by atoms with E-state index in [4.69, 9.17) is 9.47 Å². The lowest BCUT2D eigenvalue weighted by Crippen LogP contribution is -2.10. The standard InChI is InChI=1S/C19H16FNO3S/c1-23-16-7-2-3-8-17(16)24-11-13-9-18(25-12-13)19(22)21-15-6-4-5-14(20)10-15/h2-10,12H,11H2,1H3,(H,21,22). The average Bonchev–Trinajstić information content (AvgIpc) is 3.09. The molecule has 0 radical (unpaired) electrons. The van der Waals surface area contributed by atoms with Crippen molar-refractivity contribution in [3.63, 3.8) is 0 Å². The number of benzene rings is 2. The van der Waals surface area contributed by atoms with Crippen LogP contribution < -0.4 is 14.8 Å². The second kappa shape index (κ2) is 7.81. The highest BCUT2D eigenvalue weighted by atomic mass is 32.1. The SMILES string of the molecule is COc1ccccc1OCc1csc(C(=O)Nc2cccc(F)c2)c1. The van der Waals surface area contributed by atoms with Gasteiger partial charge in [0.05, 0.1) is 12.0 Å². The van der Waals surface area contributed by atoms with Crippen molar-refractivity contribution >= 4 is 22.9 Å². The summed E-state index contributed by atoms with van der Waals surface area (Å²) in [6.45, 7) is 0.324.